The van der Waals surface area contributed by atoms with E-state index >= 15 is 0 Å². The number of amides is 1. The Morgan fingerprint density at radius 1 is 1.50 bits per heavy atom. The molecule has 16 heavy (non-hydrogen) atoms. The van der Waals surface area contributed by atoms with Crippen LogP contribution in [0, 0.1) is 0 Å². The minimum absolute atomic E-state index is 0.191. The average molecular weight is 227 g/mol. The number of ether oxygens (including phenoxy) is 1. The summed E-state index contributed by atoms with van der Waals surface area (Å²) in [6.07, 6.45) is 5.02. The van der Waals surface area contributed by atoms with E-state index in [1.165, 1.54) is 12.8 Å². The van der Waals surface area contributed by atoms with Crippen molar-refractivity contribution in [3.63, 3.8) is 0 Å². The van der Waals surface area contributed by atoms with Gasteiger partial charge in [-0.05, 0) is 26.7 Å². The van der Waals surface area contributed by atoms with Crippen LogP contribution in [0.4, 0.5) is 0 Å². The van der Waals surface area contributed by atoms with Crippen LogP contribution >= 0.6 is 0 Å². The molecule has 0 radical (unpaired) electrons. The minimum Gasteiger partial charge on any atom is -0.374 e. The summed E-state index contributed by atoms with van der Waals surface area (Å²) >= 11 is 0. The zero-order valence-electron chi connectivity index (χ0n) is 11.0. The molecular formula is C13H25NO2. The molecule has 1 fully saturated rings. The number of carbonyl (C=O) groups excluding carboxylic acids is 1. The first kappa shape index (κ1) is 13.5. The van der Waals surface area contributed by atoms with E-state index < -0.39 is 0 Å². The quantitative estimate of drug-likeness (QED) is 0.722. The molecule has 0 spiro atoms. The molecule has 0 aromatic rings. The lowest BCUT2D eigenvalue weighted by atomic mass is 10.1. The first-order chi connectivity index (χ1) is 7.54. The van der Waals surface area contributed by atoms with E-state index in [9.17, 15) is 4.79 Å². The van der Waals surface area contributed by atoms with Crippen LogP contribution in [-0.2, 0) is 9.53 Å². The van der Waals surface area contributed by atoms with Crippen molar-refractivity contribution < 1.29 is 9.53 Å². The summed E-state index contributed by atoms with van der Waals surface area (Å²) < 4.78 is 5.81. The van der Waals surface area contributed by atoms with Gasteiger partial charge in [-0.15, -0.1) is 0 Å². The lowest BCUT2D eigenvalue weighted by Crippen LogP contribution is -2.34. The molecule has 1 rings (SSSR count). The summed E-state index contributed by atoms with van der Waals surface area (Å²) in [4.78, 5) is 13.5. The summed E-state index contributed by atoms with van der Waals surface area (Å²) in [5.41, 5.74) is 0. The predicted molar refractivity (Wildman–Crippen MR) is 65.3 cm³/mol. The maximum atomic E-state index is 11.5. The molecule has 0 N–H and O–H groups in total. The van der Waals surface area contributed by atoms with Gasteiger partial charge in [0.2, 0.25) is 5.91 Å². The van der Waals surface area contributed by atoms with E-state index in [2.05, 4.69) is 20.8 Å². The molecule has 1 aliphatic heterocycles. The van der Waals surface area contributed by atoms with Crippen LogP contribution in [-0.4, -0.2) is 35.6 Å². The standard InChI is InChI=1S/C13H25NO2/c1-5-6-7-12-8-13(16-10(2)3)9-14(12)11(4)15/h10,12-13H,5-9H2,1-4H3/t12-,13-/m1/s1. The molecule has 0 aromatic heterocycles. The van der Waals surface area contributed by atoms with Gasteiger partial charge in [0, 0.05) is 19.5 Å². The van der Waals surface area contributed by atoms with E-state index in [1.807, 2.05) is 4.90 Å². The van der Waals surface area contributed by atoms with Gasteiger partial charge in [0.1, 0.15) is 0 Å². The summed E-state index contributed by atoms with van der Waals surface area (Å²) in [5.74, 6) is 0.191. The van der Waals surface area contributed by atoms with Crippen LogP contribution in [0.3, 0.4) is 0 Å². The van der Waals surface area contributed by atoms with Crippen LogP contribution < -0.4 is 0 Å². The summed E-state index contributed by atoms with van der Waals surface area (Å²) in [5, 5.41) is 0. The van der Waals surface area contributed by atoms with Crippen LogP contribution in [0.5, 0.6) is 0 Å². The average Bonchev–Trinajstić information content (AvgIpc) is 2.57. The molecule has 0 bridgehead atoms. The van der Waals surface area contributed by atoms with Crippen LogP contribution in [0.1, 0.15) is 53.4 Å². The summed E-state index contributed by atoms with van der Waals surface area (Å²) in [6, 6.07) is 0.404. The Labute approximate surface area is 99.1 Å². The number of hydrogen-bond acceptors (Lipinski definition) is 2. The van der Waals surface area contributed by atoms with Crippen molar-refractivity contribution in [3.05, 3.63) is 0 Å². The van der Waals surface area contributed by atoms with Gasteiger partial charge in [0.05, 0.1) is 12.2 Å². The molecule has 1 heterocycles. The van der Waals surface area contributed by atoms with Crippen molar-refractivity contribution in [2.45, 2.75) is 71.6 Å². The predicted octanol–water partition coefficient (Wildman–Crippen LogP) is 2.59. The van der Waals surface area contributed by atoms with Gasteiger partial charge in [-0.2, -0.15) is 0 Å². The molecule has 1 saturated heterocycles. The van der Waals surface area contributed by atoms with Crippen LogP contribution in [0.25, 0.3) is 0 Å². The Hall–Kier alpha value is -0.570. The molecular weight excluding hydrogens is 202 g/mol. The SMILES string of the molecule is CCCC[C@@H]1C[C@@H](OC(C)C)CN1C(C)=O. The zero-order chi connectivity index (χ0) is 12.1. The third-order valence-electron chi connectivity index (χ3n) is 3.14. The number of unbranched alkanes of at least 4 members (excludes halogenated alkanes) is 1. The van der Waals surface area contributed by atoms with Crippen molar-refractivity contribution in [2.24, 2.45) is 0 Å². The fourth-order valence-electron chi connectivity index (χ4n) is 2.46. The van der Waals surface area contributed by atoms with Crippen molar-refractivity contribution in [1.29, 1.82) is 0 Å². The molecule has 0 aliphatic carbocycles. The lowest BCUT2D eigenvalue weighted by molar-refractivity contribution is -0.130. The number of likely N-dealkylation sites (tertiary alicyclic amines) is 1. The normalized spacial score (nSPS) is 25.4. The second kappa shape index (κ2) is 6.24. The highest BCUT2D eigenvalue weighted by atomic mass is 16.5. The Kier molecular flexibility index (Phi) is 5.26. The molecule has 0 saturated carbocycles. The second-order valence-corrected chi connectivity index (χ2v) is 5.01. The van der Waals surface area contributed by atoms with Gasteiger partial charge in [-0.1, -0.05) is 19.8 Å². The second-order valence-electron chi connectivity index (χ2n) is 5.01. The van der Waals surface area contributed by atoms with Crippen molar-refractivity contribution in [2.75, 3.05) is 6.54 Å². The van der Waals surface area contributed by atoms with Gasteiger partial charge >= 0.3 is 0 Å². The Balaban J connectivity index is 2.50. The number of carbonyl (C=O) groups is 1. The van der Waals surface area contributed by atoms with Gasteiger partial charge in [0.25, 0.3) is 0 Å². The number of nitrogens with zero attached hydrogens (tertiary/aromatic N) is 1. The topological polar surface area (TPSA) is 29.5 Å². The zero-order valence-corrected chi connectivity index (χ0v) is 11.0. The maximum absolute atomic E-state index is 11.5. The van der Waals surface area contributed by atoms with Crippen LogP contribution in [0.15, 0.2) is 0 Å². The van der Waals surface area contributed by atoms with E-state index in [4.69, 9.17) is 4.74 Å². The first-order valence-corrected chi connectivity index (χ1v) is 6.47. The van der Waals surface area contributed by atoms with E-state index in [1.54, 1.807) is 6.92 Å². The van der Waals surface area contributed by atoms with Crippen molar-refractivity contribution in [1.82, 2.24) is 4.90 Å². The Morgan fingerprint density at radius 2 is 2.19 bits per heavy atom. The Morgan fingerprint density at radius 3 is 2.69 bits per heavy atom. The van der Waals surface area contributed by atoms with Crippen LogP contribution in [0.2, 0.25) is 0 Å². The summed E-state index contributed by atoms with van der Waals surface area (Å²) in [7, 11) is 0. The molecule has 1 amide bonds. The molecule has 1 aliphatic rings. The van der Waals surface area contributed by atoms with Gasteiger partial charge in [-0.3, -0.25) is 4.79 Å². The van der Waals surface area contributed by atoms with E-state index in [-0.39, 0.29) is 18.1 Å². The smallest absolute Gasteiger partial charge is 0.219 e. The van der Waals surface area contributed by atoms with Gasteiger partial charge in [-0.25, -0.2) is 0 Å². The molecule has 0 aromatic carbocycles. The third-order valence-corrected chi connectivity index (χ3v) is 3.14. The largest absolute Gasteiger partial charge is 0.374 e. The fraction of sp³-hybridized carbons (Fsp3) is 0.923. The van der Waals surface area contributed by atoms with E-state index in [0.717, 1.165) is 19.4 Å². The third kappa shape index (κ3) is 3.78. The molecule has 3 nitrogen and oxygen atoms in total. The molecule has 0 unspecified atom stereocenters. The maximum Gasteiger partial charge on any atom is 0.219 e. The number of rotatable bonds is 5. The summed E-state index contributed by atoms with van der Waals surface area (Å²) in [6.45, 7) is 8.74. The Bertz CT molecular complexity index is 228. The molecule has 2 atom stereocenters. The lowest BCUT2D eigenvalue weighted by Gasteiger charge is -2.22. The van der Waals surface area contributed by atoms with Crippen molar-refractivity contribution >= 4 is 5.91 Å². The van der Waals surface area contributed by atoms with E-state index in [0.29, 0.717) is 6.04 Å². The number of hydrogen-bond donors (Lipinski definition) is 0. The minimum atomic E-state index is 0.191. The molecule has 94 valence electrons. The monoisotopic (exact) mass is 227 g/mol. The van der Waals surface area contributed by atoms with Crippen molar-refractivity contribution in [3.8, 4) is 0 Å². The highest BCUT2D eigenvalue weighted by Crippen LogP contribution is 2.25. The fourth-order valence-corrected chi connectivity index (χ4v) is 2.46. The highest BCUT2D eigenvalue weighted by Gasteiger charge is 2.33. The highest BCUT2D eigenvalue weighted by molar-refractivity contribution is 5.74. The van der Waals surface area contributed by atoms with Gasteiger partial charge in [0.15, 0.2) is 0 Å². The van der Waals surface area contributed by atoms with Gasteiger partial charge < -0.3 is 9.64 Å². The molecule has 3 heteroatoms. The first-order valence-electron chi connectivity index (χ1n) is 6.47.